The topological polar surface area (TPSA) is 71.0 Å². The van der Waals surface area contributed by atoms with Gasteiger partial charge in [-0.2, -0.15) is 0 Å². The summed E-state index contributed by atoms with van der Waals surface area (Å²) in [5, 5.41) is 6.95. The fourth-order valence-electron chi connectivity index (χ4n) is 3.47. The van der Waals surface area contributed by atoms with Crippen LogP contribution >= 0.6 is 0 Å². The van der Waals surface area contributed by atoms with Gasteiger partial charge in [0.1, 0.15) is 5.82 Å². The van der Waals surface area contributed by atoms with Crippen LogP contribution in [-0.4, -0.2) is 50.8 Å². The van der Waals surface area contributed by atoms with Crippen LogP contribution in [0, 0.1) is 0 Å². The first-order valence-electron chi connectivity index (χ1n) is 10.2. The Morgan fingerprint density at radius 1 is 1.21 bits per heavy atom. The highest BCUT2D eigenvalue weighted by Gasteiger charge is 2.20. The smallest absolute Gasteiger partial charge is 0.191 e. The summed E-state index contributed by atoms with van der Waals surface area (Å²) in [7, 11) is 3.46. The molecule has 2 aromatic rings. The predicted molar refractivity (Wildman–Crippen MR) is 117 cm³/mol. The third-order valence-corrected chi connectivity index (χ3v) is 5.02. The van der Waals surface area contributed by atoms with Gasteiger partial charge < -0.3 is 25.0 Å². The van der Waals surface area contributed by atoms with Crippen LogP contribution in [0.15, 0.2) is 47.6 Å². The van der Waals surface area contributed by atoms with Crippen LogP contribution in [0.4, 0.5) is 5.82 Å². The number of ether oxygens (including phenoxy) is 2. The molecule has 1 aromatic carbocycles. The molecular weight excluding hydrogens is 366 g/mol. The standard InChI is InChI=1S/C22H31N5O2/c1-4-29-20-15-17(8-9-19(20)28-3)16-25-22(23-2)26-18-10-13-27(14-11-18)21-7-5-6-12-24-21/h5-9,12,15,18H,4,10-11,13-14,16H2,1-3H3,(H2,23,25,26). The minimum Gasteiger partial charge on any atom is -0.493 e. The molecule has 3 rings (SSSR count). The molecule has 29 heavy (non-hydrogen) atoms. The number of aliphatic imine (C=N–C) groups is 1. The quantitative estimate of drug-likeness (QED) is 0.553. The van der Waals surface area contributed by atoms with Crippen molar-refractivity contribution in [1.82, 2.24) is 15.6 Å². The molecule has 1 aliphatic rings. The fraction of sp³-hybridized carbons (Fsp3) is 0.455. The predicted octanol–water partition coefficient (Wildman–Crippen LogP) is 2.82. The van der Waals surface area contributed by atoms with Gasteiger partial charge in [0.15, 0.2) is 17.5 Å². The van der Waals surface area contributed by atoms with Gasteiger partial charge in [0, 0.05) is 38.9 Å². The molecule has 0 aliphatic carbocycles. The average molecular weight is 398 g/mol. The van der Waals surface area contributed by atoms with E-state index < -0.39 is 0 Å². The summed E-state index contributed by atoms with van der Waals surface area (Å²) >= 11 is 0. The van der Waals surface area contributed by atoms with Gasteiger partial charge in [-0.25, -0.2) is 4.98 Å². The molecule has 0 radical (unpaired) electrons. The molecule has 1 aliphatic heterocycles. The van der Waals surface area contributed by atoms with Crippen molar-refractivity contribution in [2.24, 2.45) is 4.99 Å². The molecule has 0 amide bonds. The number of aromatic nitrogens is 1. The first-order valence-corrected chi connectivity index (χ1v) is 10.2. The lowest BCUT2D eigenvalue weighted by molar-refractivity contribution is 0.310. The first kappa shape index (κ1) is 20.8. The van der Waals surface area contributed by atoms with Crippen LogP contribution in [0.1, 0.15) is 25.3 Å². The number of anilines is 1. The summed E-state index contributed by atoms with van der Waals surface area (Å²) in [5.74, 6) is 3.38. The molecule has 0 unspecified atom stereocenters. The van der Waals surface area contributed by atoms with Gasteiger partial charge in [-0.05, 0) is 49.6 Å². The summed E-state index contributed by atoms with van der Waals surface area (Å²) in [5.41, 5.74) is 1.11. The molecule has 1 aromatic heterocycles. The number of hydrogen-bond acceptors (Lipinski definition) is 5. The lowest BCUT2D eigenvalue weighted by Crippen LogP contribution is -2.48. The van der Waals surface area contributed by atoms with Gasteiger partial charge in [0.05, 0.1) is 13.7 Å². The molecule has 1 fully saturated rings. The number of piperidine rings is 1. The average Bonchev–Trinajstić information content (AvgIpc) is 2.78. The van der Waals surface area contributed by atoms with E-state index in [0.717, 1.165) is 54.8 Å². The second-order valence-electron chi connectivity index (χ2n) is 6.94. The van der Waals surface area contributed by atoms with Crippen LogP contribution in [0.25, 0.3) is 0 Å². The summed E-state index contributed by atoms with van der Waals surface area (Å²) in [4.78, 5) is 11.2. The Morgan fingerprint density at radius 3 is 2.69 bits per heavy atom. The van der Waals surface area contributed by atoms with Crippen molar-refractivity contribution < 1.29 is 9.47 Å². The molecule has 156 valence electrons. The molecule has 1 saturated heterocycles. The Hall–Kier alpha value is -2.96. The Kier molecular flexibility index (Phi) is 7.55. The minimum atomic E-state index is 0.399. The SMILES string of the molecule is CCOc1cc(CNC(=NC)NC2CCN(c3ccccn3)CC2)ccc1OC. The number of nitrogens with one attached hydrogen (secondary N) is 2. The van der Waals surface area contributed by atoms with Crippen molar-refractivity contribution in [1.29, 1.82) is 0 Å². The van der Waals surface area contributed by atoms with Crippen molar-refractivity contribution in [3.05, 3.63) is 48.2 Å². The molecule has 0 atom stereocenters. The van der Waals surface area contributed by atoms with Crippen molar-refractivity contribution in [2.75, 3.05) is 38.8 Å². The zero-order valence-electron chi connectivity index (χ0n) is 17.5. The number of rotatable bonds is 7. The molecule has 2 heterocycles. The maximum atomic E-state index is 5.66. The molecule has 0 saturated carbocycles. The molecular formula is C22H31N5O2. The summed E-state index contributed by atoms with van der Waals surface area (Å²) in [6.45, 7) is 5.21. The van der Waals surface area contributed by atoms with Crippen molar-refractivity contribution in [3.8, 4) is 11.5 Å². The maximum absolute atomic E-state index is 5.66. The fourth-order valence-corrected chi connectivity index (χ4v) is 3.47. The van der Waals surface area contributed by atoms with Crippen LogP contribution in [-0.2, 0) is 6.54 Å². The summed E-state index contributed by atoms with van der Waals surface area (Å²) < 4.78 is 11.0. The highest BCUT2D eigenvalue weighted by atomic mass is 16.5. The zero-order valence-corrected chi connectivity index (χ0v) is 17.5. The Morgan fingerprint density at radius 2 is 2.03 bits per heavy atom. The lowest BCUT2D eigenvalue weighted by atomic mass is 10.1. The molecule has 0 bridgehead atoms. The van der Waals surface area contributed by atoms with E-state index in [1.807, 2.05) is 43.5 Å². The number of guanidine groups is 1. The van der Waals surface area contributed by atoms with Crippen molar-refractivity contribution >= 4 is 11.8 Å². The van der Waals surface area contributed by atoms with Gasteiger partial charge in [0.2, 0.25) is 0 Å². The molecule has 0 spiro atoms. The van der Waals surface area contributed by atoms with Crippen LogP contribution in [0.2, 0.25) is 0 Å². The third-order valence-electron chi connectivity index (χ3n) is 5.02. The van der Waals surface area contributed by atoms with Gasteiger partial charge in [-0.15, -0.1) is 0 Å². The monoisotopic (exact) mass is 397 g/mol. The van der Waals surface area contributed by atoms with Gasteiger partial charge in [-0.1, -0.05) is 12.1 Å². The second-order valence-corrected chi connectivity index (χ2v) is 6.94. The van der Waals surface area contributed by atoms with E-state index in [-0.39, 0.29) is 0 Å². The zero-order chi connectivity index (χ0) is 20.5. The number of pyridine rings is 1. The summed E-state index contributed by atoms with van der Waals surface area (Å²) in [6, 6.07) is 12.4. The van der Waals surface area contributed by atoms with Crippen molar-refractivity contribution in [3.63, 3.8) is 0 Å². The molecule has 2 N–H and O–H groups in total. The van der Waals surface area contributed by atoms with E-state index in [0.29, 0.717) is 19.2 Å². The van der Waals surface area contributed by atoms with Crippen molar-refractivity contribution in [2.45, 2.75) is 32.4 Å². The molecule has 7 nitrogen and oxygen atoms in total. The number of methoxy groups -OCH3 is 1. The normalized spacial score (nSPS) is 15.1. The van der Waals surface area contributed by atoms with Crippen LogP contribution in [0.5, 0.6) is 11.5 Å². The highest BCUT2D eigenvalue weighted by molar-refractivity contribution is 5.80. The first-order chi connectivity index (χ1) is 14.2. The number of hydrogen-bond donors (Lipinski definition) is 2. The van der Waals surface area contributed by atoms with Gasteiger partial charge in [-0.3, -0.25) is 4.99 Å². The van der Waals surface area contributed by atoms with E-state index in [1.165, 1.54) is 0 Å². The Labute approximate surface area is 173 Å². The van der Waals surface area contributed by atoms with E-state index in [9.17, 15) is 0 Å². The second kappa shape index (κ2) is 10.5. The van der Waals surface area contributed by atoms with E-state index in [2.05, 4.69) is 31.6 Å². The van der Waals surface area contributed by atoms with Crippen LogP contribution in [0.3, 0.4) is 0 Å². The minimum absolute atomic E-state index is 0.399. The third kappa shape index (κ3) is 5.76. The van der Waals surface area contributed by atoms with E-state index >= 15 is 0 Å². The largest absolute Gasteiger partial charge is 0.493 e. The highest BCUT2D eigenvalue weighted by Crippen LogP contribution is 2.28. The van der Waals surface area contributed by atoms with Crippen LogP contribution < -0.4 is 25.0 Å². The number of nitrogens with zero attached hydrogens (tertiary/aromatic N) is 3. The van der Waals surface area contributed by atoms with Gasteiger partial charge >= 0.3 is 0 Å². The summed E-state index contributed by atoms with van der Waals surface area (Å²) in [6.07, 6.45) is 3.95. The lowest BCUT2D eigenvalue weighted by Gasteiger charge is -2.33. The van der Waals surface area contributed by atoms with E-state index in [4.69, 9.17) is 9.47 Å². The Bertz CT molecular complexity index is 789. The molecule has 7 heteroatoms. The van der Waals surface area contributed by atoms with E-state index in [1.54, 1.807) is 14.2 Å². The number of benzene rings is 1. The van der Waals surface area contributed by atoms with Gasteiger partial charge in [0.25, 0.3) is 0 Å². The maximum Gasteiger partial charge on any atom is 0.191 e. The Balaban J connectivity index is 1.49.